The van der Waals surface area contributed by atoms with Crippen molar-refractivity contribution in [1.82, 2.24) is 0 Å². The summed E-state index contributed by atoms with van der Waals surface area (Å²) in [5.74, 6) is 0. The molecule has 75 heavy (non-hydrogen) atoms. The van der Waals surface area contributed by atoms with Gasteiger partial charge in [-0.1, -0.05) is 226 Å². The fraction of sp³-hybridized carbons (Fsp3) is 0.200. The fourth-order valence-corrected chi connectivity index (χ4v) is 8.66. The number of hydrogen-bond acceptors (Lipinski definition) is 5. The van der Waals surface area contributed by atoms with Gasteiger partial charge in [0.15, 0.2) is 0 Å². The molecule has 8 aromatic carbocycles. The zero-order chi connectivity index (χ0) is 54.7. The van der Waals surface area contributed by atoms with E-state index in [2.05, 4.69) is 185 Å². The van der Waals surface area contributed by atoms with E-state index in [0.29, 0.717) is 0 Å². The van der Waals surface area contributed by atoms with Crippen LogP contribution < -0.4 is 28.7 Å². The Balaban J connectivity index is 0.000000187. The molecule has 0 aromatic heterocycles. The summed E-state index contributed by atoms with van der Waals surface area (Å²) in [5, 5.41) is 0. The van der Waals surface area contributed by atoms with Gasteiger partial charge in [0.2, 0.25) is 0 Å². The van der Waals surface area contributed by atoms with Gasteiger partial charge in [-0.3, -0.25) is 0 Å². The van der Waals surface area contributed by atoms with Crippen molar-refractivity contribution in [2.75, 3.05) is 28.7 Å². The average Bonchev–Trinajstić information content (AvgIpc) is 3.38. The molecule has 0 heterocycles. The molecule has 0 saturated carbocycles. The number of aryl methyl sites for hydroxylation is 3. The topological polar surface area (TPSA) is 130 Å². The maximum Gasteiger partial charge on any atom is 0.0390 e. The van der Waals surface area contributed by atoms with E-state index < -0.39 is 0 Å². The van der Waals surface area contributed by atoms with Gasteiger partial charge < -0.3 is 28.7 Å². The summed E-state index contributed by atoms with van der Waals surface area (Å²) in [6, 6.07) is 65.6. The van der Waals surface area contributed by atoms with Gasteiger partial charge in [0, 0.05) is 39.4 Å². The normalized spacial score (nSPS) is 11.3. The summed E-state index contributed by atoms with van der Waals surface area (Å²) in [6.45, 7) is 25.9. The average molecular weight is 992 g/mol. The van der Waals surface area contributed by atoms with Crippen LogP contribution in [-0.4, -0.2) is 0 Å². The van der Waals surface area contributed by atoms with Crippen LogP contribution >= 0.6 is 0 Å². The SMILES string of the molecule is C=C(c1ccc(C)cc1)c1ccc(N)cc1.CC(=CC(C)(C)c1ccccc1N)c1ccccc1N.CC(C)=C(Cc1ccc(C)cc1)CC(C)(C)c1ccc(N)cc1.Cc1ccc(/C=C/c2ccc(N)cc2)cc1. The lowest BCUT2D eigenvalue weighted by Crippen LogP contribution is -2.19. The van der Waals surface area contributed by atoms with Crippen LogP contribution in [0.5, 0.6) is 0 Å². The molecule has 0 bridgehead atoms. The predicted octanol–water partition coefficient (Wildman–Crippen LogP) is 17.4. The highest BCUT2D eigenvalue weighted by molar-refractivity contribution is 5.79. The van der Waals surface area contributed by atoms with E-state index in [1.807, 2.05) is 103 Å². The minimum atomic E-state index is -0.141. The zero-order valence-electron chi connectivity index (χ0n) is 46.2. The van der Waals surface area contributed by atoms with Crippen molar-refractivity contribution < 1.29 is 0 Å². The van der Waals surface area contributed by atoms with Crippen LogP contribution in [0.3, 0.4) is 0 Å². The maximum atomic E-state index is 6.10. The highest BCUT2D eigenvalue weighted by Gasteiger charge is 2.23. The van der Waals surface area contributed by atoms with Gasteiger partial charge in [0.1, 0.15) is 0 Å². The number of nitrogen functional groups attached to an aromatic ring is 5. The van der Waals surface area contributed by atoms with Crippen molar-refractivity contribution in [3.8, 4) is 0 Å². The predicted molar refractivity (Wildman–Crippen MR) is 331 cm³/mol. The molecule has 0 fully saturated rings. The van der Waals surface area contributed by atoms with Crippen molar-refractivity contribution in [3.63, 3.8) is 0 Å². The molecule has 386 valence electrons. The molecule has 0 saturated heterocycles. The van der Waals surface area contributed by atoms with Gasteiger partial charge >= 0.3 is 0 Å². The van der Waals surface area contributed by atoms with Crippen molar-refractivity contribution in [2.24, 2.45) is 0 Å². The summed E-state index contributed by atoms with van der Waals surface area (Å²) in [6.07, 6.45) is 8.51. The van der Waals surface area contributed by atoms with E-state index in [1.54, 1.807) is 0 Å². The third-order valence-corrected chi connectivity index (χ3v) is 13.4. The van der Waals surface area contributed by atoms with Gasteiger partial charge in [0.25, 0.3) is 0 Å². The number of para-hydroxylation sites is 2. The Morgan fingerprint density at radius 2 is 0.867 bits per heavy atom. The first-order chi connectivity index (χ1) is 35.6. The molecule has 0 atom stereocenters. The summed E-state index contributed by atoms with van der Waals surface area (Å²) >= 11 is 0. The summed E-state index contributed by atoms with van der Waals surface area (Å²) in [4.78, 5) is 0. The Hall–Kier alpha value is -8.28. The molecule has 0 aliphatic rings. The zero-order valence-corrected chi connectivity index (χ0v) is 46.2. The Kier molecular flexibility index (Phi) is 20.8. The van der Waals surface area contributed by atoms with Gasteiger partial charge in [-0.15, -0.1) is 0 Å². The van der Waals surface area contributed by atoms with Crippen molar-refractivity contribution >= 4 is 51.7 Å². The summed E-state index contributed by atoms with van der Waals surface area (Å²) < 4.78 is 0. The Morgan fingerprint density at radius 3 is 1.35 bits per heavy atom. The number of nitrogens with two attached hydrogens (primary N) is 5. The molecule has 5 nitrogen and oxygen atoms in total. The van der Waals surface area contributed by atoms with Gasteiger partial charge in [-0.25, -0.2) is 0 Å². The van der Waals surface area contributed by atoms with Gasteiger partial charge in [-0.05, 0) is 158 Å². The molecule has 0 amide bonds. The second-order valence-corrected chi connectivity index (χ2v) is 21.0. The van der Waals surface area contributed by atoms with Crippen LogP contribution in [0, 0.1) is 20.8 Å². The largest absolute Gasteiger partial charge is 0.399 e. The molecule has 5 heteroatoms. The minimum absolute atomic E-state index is 0.102. The third kappa shape index (κ3) is 18.3. The van der Waals surface area contributed by atoms with Crippen molar-refractivity contribution in [3.05, 3.63) is 279 Å². The van der Waals surface area contributed by atoms with E-state index in [-0.39, 0.29) is 10.8 Å². The lowest BCUT2D eigenvalue weighted by Gasteiger charge is -2.28. The molecule has 8 aromatic rings. The van der Waals surface area contributed by atoms with Crippen LogP contribution in [-0.2, 0) is 17.3 Å². The van der Waals surface area contributed by atoms with Crippen LogP contribution in [0.1, 0.15) is 116 Å². The van der Waals surface area contributed by atoms with E-state index in [9.17, 15) is 0 Å². The molecule has 0 radical (unpaired) electrons. The molecule has 10 N–H and O–H groups in total. The van der Waals surface area contributed by atoms with E-state index in [0.717, 1.165) is 80.2 Å². The van der Waals surface area contributed by atoms with Crippen LogP contribution in [0.25, 0.3) is 23.3 Å². The highest BCUT2D eigenvalue weighted by Crippen LogP contribution is 2.35. The number of allylic oxidation sites excluding steroid dienone is 4. The van der Waals surface area contributed by atoms with E-state index in [1.165, 1.54) is 44.5 Å². The molecule has 0 aliphatic heterocycles. The van der Waals surface area contributed by atoms with Gasteiger partial charge in [-0.2, -0.15) is 0 Å². The first-order valence-corrected chi connectivity index (χ1v) is 25.8. The molecule has 0 aliphatic carbocycles. The first-order valence-electron chi connectivity index (χ1n) is 25.8. The van der Waals surface area contributed by atoms with Crippen LogP contribution in [0.15, 0.2) is 218 Å². The molecular weight excluding hydrogens is 911 g/mol. The second-order valence-electron chi connectivity index (χ2n) is 21.0. The van der Waals surface area contributed by atoms with Crippen LogP contribution in [0.2, 0.25) is 0 Å². The van der Waals surface area contributed by atoms with E-state index >= 15 is 0 Å². The second kappa shape index (κ2) is 27.1. The monoisotopic (exact) mass is 992 g/mol. The quantitative estimate of drug-likeness (QED) is 0.0473. The number of benzene rings is 8. The van der Waals surface area contributed by atoms with Gasteiger partial charge in [0.05, 0.1) is 0 Å². The Labute approximate surface area is 450 Å². The fourth-order valence-electron chi connectivity index (χ4n) is 8.66. The van der Waals surface area contributed by atoms with Crippen molar-refractivity contribution in [2.45, 2.75) is 92.9 Å². The number of rotatable bonds is 12. The number of anilines is 5. The molecular formula is C70H81N5. The lowest BCUT2D eigenvalue weighted by molar-refractivity contribution is 0.512. The maximum absolute atomic E-state index is 6.10. The van der Waals surface area contributed by atoms with Crippen LogP contribution in [0.4, 0.5) is 28.4 Å². The molecule has 0 spiro atoms. The third-order valence-electron chi connectivity index (χ3n) is 13.4. The smallest absolute Gasteiger partial charge is 0.0390 e. The van der Waals surface area contributed by atoms with Crippen molar-refractivity contribution in [1.29, 1.82) is 0 Å². The standard InChI is InChI=1S/C22H29N.C18H22N2.2C15H15N/c1-16(2)19(14-18-8-6-17(3)7-9-18)15-22(4,5)20-10-12-21(23)13-11-20;1-13(14-8-4-6-10-16(14)19)12-18(2,3)15-9-5-7-11-17(15)20;1-11-3-5-13(6-4-11)12(2)14-7-9-15(16)10-8-14;1-12-2-4-13(5-3-12)6-7-14-8-10-15(16)11-9-14/h6-13H,14-15,23H2,1-5H3;4-12H,19-20H2,1-3H3;3-10H,2,16H2,1H3;2-11H,16H2,1H3/b;;;7-6+. The molecule has 0 unspecified atom stereocenters. The molecule has 8 rings (SSSR count). The highest BCUT2D eigenvalue weighted by atomic mass is 14.6. The number of hydrogen-bond donors (Lipinski definition) is 5. The summed E-state index contributed by atoms with van der Waals surface area (Å²) in [5.41, 5.74) is 51.8. The summed E-state index contributed by atoms with van der Waals surface area (Å²) in [7, 11) is 0. The Morgan fingerprint density at radius 1 is 0.467 bits per heavy atom. The Bertz CT molecular complexity index is 3050. The van der Waals surface area contributed by atoms with E-state index in [4.69, 9.17) is 28.7 Å². The minimum Gasteiger partial charge on any atom is -0.399 e. The lowest BCUT2D eigenvalue weighted by atomic mass is 9.77. The first kappa shape index (κ1) is 57.6.